The van der Waals surface area contributed by atoms with Gasteiger partial charge in [0.15, 0.2) is 5.78 Å². The molecule has 0 radical (unpaired) electrons. The van der Waals surface area contributed by atoms with Crippen molar-refractivity contribution >= 4 is 27.8 Å². The van der Waals surface area contributed by atoms with Crippen LogP contribution < -0.4 is 5.32 Å². The van der Waals surface area contributed by atoms with E-state index in [2.05, 4.69) is 21.2 Å². The summed E-state index contributed by atoms with van der Waals surface area (Å²) in [6, 6.07) is -0.609. The van der Waals surface area contributed by atoms with Gasteiger partial charge in [0.1, 0.15) is 0 Å². The van der Waals surface area contributed by atoms with Crippen LogP contribution in [0.2, 0.25) is 0 Å². The number of halogens is 1. The molecule has 0 aliphatic carbocycles. The second-order valence-electron chi connectivity index (χ2n) is 2.77. The average Bonchev–Trinajstić information content (AvgIpc) is 1.98. The van der Waals surface area contributed by atoms with Gasteiger partial charge < -0.3 is 10.4 Å². The molecule has 5 heteroatoms. The largest absolute Gasteiger partial charge is 0.465 e. The first-order chi connectivity index (χ1) is 5.49. The minimum atomic E-state index is -1.16. The maximum Gasteiger partial charge on any atom is 0.405 e. The van der Waals surface area contributed by atoms with E-state index >= 15 is 0 Å². The van der Waals surface area contributed by atoms with Crippen molar-refractivity contribution in [2.45, 2.75) is 19.9 Å². The van der Waals surface area contributed by atoms with Gasteiger partial charge in [-0.2, -0.15) is 0 Å². The Morgan fingerprint density at radius 3 is 2.25 bits per heavy atom. The monoisotopic (exact) mass is 237 g/mol. The lowest BCUT2D eigenvalue weighted by molar-refractivity contribution is -0.119. The van der Waals surface area contributed by atoms with Crippen molar-refractivity contribution in [3.05, 3.63) is 0 Å². The minimum absolute atomic E-state index is 0.0221. The molecule has 0 aromatic rings. The fourth-order valence-corrected chi connectivity index (χ4v) is 1.18. The summed E-state index contributed by atoms with van der Waals surface area (Å²) in [7, 11) is 0. The van der Waals surface area contributed by atoms with Crippen LogP contribution >= 0.6 is 15.9 Å². The molecule has 4 nitrogen and oxygen atoms in total. The zero-order valence-corrected chi connectivity index (χ0v) is 8.59. The molecule has 0 fully saturated rings. The molecule has 70 valence electrons. The Labute approximate surface area is 79.5 Å². The summed E-state index contributed by atoms with van der Waals surface area (Å²) in [5.41, 5.74) is 0. The van der Waals surface area contributed by atoms with E-state index in [0.29, 0.717) is 0 Å². The Balaban J connectivity index is 4.23. The van der Waals surface area contributed by atoms with Crippen LogP contribution in [0.15, 0.2) is 0 Å². The van der Waals surface area contributed by atoms with Gasteiger partial charge in [-0.15, -0.1) is 0 Å². The van der Waals surface area contributed by atoms with Crippen molar-refractivity contribution in [3.63, 3.8) is 0 Å². The third kappa shape index (κ3) is 3.71. The zero-order valence-electron chi connectivity index (χ0n) is 7.00. The molecule has 0 rings (SSSR count). The minimum Gasteiger partial charge on any atom is -0.465 e. The first kappa shape index (κ1) is 11.4. The standard InChI is InChI=1S/C7H12BrNO3/c1-4(2)6(5(10)3-8)9-7(11)12/h4,6,9H,3H2,1-2H3,(H,11,12)/t6-/m1/s1. The van der Waals surface area contributed by atoms with Crippen molar-refractivity contribution in [1.82, 2.24) is 5.32 Å². The average molecular weight is 238 g/mol. The maximum absolute atomic E-state index is 11.1. The number of alkyl halides is 1. The van der Waals surface area contributed by atoms with Gasteiger partial charge in [0.2, 0.25) is 0 Å². The van der Waals surface area contributed by atoms with Gasteiger partial charge in [0.05, 0.1) is 11.4 Å². The lowest BCUT2D eigenvalue weighted by Gasteiger charge is -2.17. The summed E-state index contributed by atoms with van der Waals surface area (Å²) >= 11 is 2.99. The van der Waals surface area contributed by atoms with Crippen molar-refractivity contribution in [3.8, 4) is 0 Å². The maximum atomic E-state index is 11.1. The first-order valence-electron chi connectivity index (χ1n) is 3.57. The zero-order chi connectivity index (χ0) is 9.72. The normalized spacial score (nSPS) is 12.7. The van der Waals surface area contributed by atoms with Crippen LogP contribution in [-0.4, -0.2) is 28.4 Å². The summed E-state index contributed by atoms with van der Waals surface area (Å²) in [6.07, 6.45) is -1.16. The number of carbonyl (C=O) groups excluding carboxylic acids is 1. The van der Waals surface area contributed by atoms with Crippen molar-refractivity contribution in [2.24, 2.45) is 5.92 Å². The molecular weight excluding hydrogens is 226 g/mol. The molecule has 1 amide bonds. The molecule has 2 N–H and O–H groups in total. The van der Waals surface area contributed by atoms with Gasteiger partial charge >= 0.3 is 6.09 Å². The van der Waals surface area contributed by atoms with E-state index in [0.717, 1.165) is 0 Å². The summed E-state index contributed by atoms with van der Waals surface area (Å²) in [4.78, 5) is 21.4. The van der Waals surface area contributed by atoms with E-state index < -0.39 is 12.1 Å². The quantitative estimate of drug-likeness (QED) is 0.724. The van der Waals surface area contributed by atoms with Crippen LogP contribution in [0.5, 0.6) is 0 Å². The lowest BCUT2D eigenvalue weighted by Crippen LogP contribution is -2.44. The Bertz CT molecular complexity index is 181. The van der Waals surface area contributed by atoms with E-state index in [1.807, 2.05) is 0 Å². The van der Waals surface area contributed by atoms with Gasteiger partial charge in [0.25, 0.3) is 0 Å². The van der Waals surface area contributed by atoms with E-state index in [-0.39, 0.29) is 17.0 Å². The number of hydrogen-bond acceptors (Lipinski definition) is 2. The summed E-state index contributed by atoms with van der Waals surface area (Å²) in [5.74, 6) is -0.168. The molecule has 0 aromatic carbocycles. The van der Waals surface area contributed by atoms with Crippen LogP contribution in [0.4, 0.5) is 4.79 Å². The molecule has 0 bridgehead atoms. The molecule has 0 aliphatic rings. The third-order valence-corrected chi connectivity index (χ3v) is 1.98. The highest BCUT2D eigenvalue weighted by molar-refractivity contribution is 9.09. The van der Waals surface area contributed by atoms with Crippen molar-refractivity contribution in [1.29, 1.82) is 0 Å². The molecule has 0 aliphatic heterocycles. The molecular formula is C7H12BrNO3. The smallest absolute Gasteiger partial charge is 0.405 e. The van der Waals surface area contributed by atoms with Gasteiger partial charge in [0, 0.05) is 0 Å². The Kier molecular flexibility index (Phi) is 4.89. The number of nitrogens with one attached hydrogen (secondary N) is 1. The molecule has 0 saturated heterocycles. The predicted molar refractivity (Wildman–Crippen MR) is 48.6 cm³/mol. The lowest BCUT2D eigenvalue weighted by atomic mass is 10.0. The number of rotatable bonds is 4. The van der Waals surface area contributed by atoms with Crippen LogP contribution in [0.1, 0.15) is 13.8 Å². The van der Waals surface area contributed by atoms with Crippen LogP contribution in [0.3, 0.4) is 0 Å². The molecule has 12 heavy (non-hydrogen) atoms. The number of amides is 1. The Morgan fingerprint density at radius 2 is 2.00 bits per heavy atom. The molecule has 0 spiro atoms. The van der Waals surface area contributed by atoms with E-state index in [4.69, 9.17) is 5.11 Å². The third-order valence-electron chi connectivity index (χ3n) is 1.42. The van der Waals surface area contributed by atoms with E-state index in [1.54, 1.807) is 13.8 Å². The molecule has 0 heterocycles. The van der Waals surface area contributed by atoms with Crippen LogP contribution in [0, 0.1) is 5.92 Å². The number of hydrogen-bond donors (Lipinski definition) is 2. The highest BCUT2D eigenvalue weighted by Crippen LogP contribution is 2.04. The van der Waals surface area contributed by atoms with E-state index in [9.17, 15) is 9.59 Å². The van der Waals surface area contributed by atoms with Crippen LogP contribution in [0.25, 0.3) is 0 Å². The van der Waals surface area contributed by atoms with Gasteiger partial charge in [-0.25, -0.2) is 4.79 Å². The van der Waals surface area contributed by atoms with Crippen molar-refractivity contribution < 1.29 is 14.7 Å². The Hall–Kier alpha value is -0.580. The van der Waals surface area contributed by atoms with Gasteiger partial charge in [-0.3, -0.25) is 4.79 Å². The summed E-state index contributed by atoms with van der Waals surface area (Å²) < 4.78 is 0. The SMILES string of the molecule is CC(C)[C@@H](NC(=O)O)C(=O)CBr. The number of carbonyl (C=O) groups is 2. The highest BCUT2D eigenvalue weighted by Gasteiger charge is 2.22. The van der Waals surface area contributed by atoms with Crippen LogP contribution in [-0.2, 0) is 4.79 Å². The molecule has 1 atom stereocenters. The number of Topliss-reactive ketones (excluding diaryl/α,β-unsaturated/α-hetero) is 1. The Morgan fingerprint density at radius 1 is 1.50 bits per heavy atom. The highest BCUT2D eigenvalue weighted by atomic mass is 79.9. The van der Waals surface area contributed by atoms with Crippen molar-refractivity contribution in [2.75, 3.05) is 5.33 Å². The number of ketones is 1. The van der Waals surface area contributed by atoms with Gasteiger partial charge in [-0.1, -0.05) is 29.8 Å². The van der Waals surface area contributed by atoms with E-state index in [1.165, 1.54) is 0 Å². The summed E-state index contributed by atoms with van der Waals surface area (Å²) in [6.45, 7) is 3.59. The predicted octanol–water partition coefficient (Wildman–Crippen LogP) is 1.24. The summed E-state index contributed by atoms with van der Waals surface area (Å²) in [5, 5.41) is 10.7. The van der Waals surface area contributed by atoms with Gasteiger partial charge in [-0.05, 0) is 5.92 Å². The molecule has 0 aromatic heterocycles. The second kappa shape index (κ2) is 5.13. The second-order valence-corrected chi connectivity index (χ2v) is 3.33. The fourth-order valence-electron chi connectivity index (χ4n) is 0.835. The first-order valence-corrected chi connectivity index (χ1v) is 4.69. The topological polar surface area (TPSA) is 66.4 Å². The molecule has 0 saturated carbocycles. The number of carboxylic acid groups (broad SMARTS) is 1. The molecule has 0 unspecified atom stereocenters. The fraction of sp³-hybridized carbons (Fsp3) is 0.714.